The van der Waals surface area contributed by atoms with Crippen molar-refractivity contribution in [2.45, 2.75) is 23.5 Å². The van der Waals surface area contributed by atoms with E-state index in [-0.39, 0.29) is 11.7 Å². The molecule has 2 aromatic rings. The number of carbonyl (C=O) groups is 1. The highest BCUT2D eigenvalue weighted by Gasteiger charge is 2.35. The molecule has 150 valence electrons. The fourth-order valence-corrected chi connectivity index (χ4v) is 3.34. The van der Waals surface area contributed by atoms with E-state index in [0.717, 1.165) is 20.4 Å². The maximum atomic E-state index is 12.1. The third-order valence-electron chi connectivity index (χ3n) is 3.51. The van der Waals surface area contributed by atoms with Crippen LogP contribution in [0.1, 0.15) is 11.1 Å². The molecule has 1 unspecified atom stereocenters. The highest BCUT2D eigenvalue weighted by molar-refractivity contribution is 14.1. The van der Waals surface area contributed by atoms with Crippen LogP contribution in [-0.2, 0) is 11.3 Å². The number of hydrogen-bond donors (Lipinski definition) is 3. The maximum Gasteiger partial charge on any atom is 0.409 e. The largest absolute Gasteiger partial charge is 0.445 e. The van der Waals surface area contributed by atoms with Crippen LogP contribution < -0.4 is 16.0 Å². The second-order valence-corrected chi connectivity index (χ2v) is 9.76. The summed E-state index contributed by atoms with van der Waals surface area (Å²) in [5, 5.41) is 8.46. The van der Waals surface area contributed by atoms with Gasteiger partial charge in [-0.15, -0.1) is 0 Å². The van der Waals surface area contributed by atoms with Crippen molar-refractivity contribution in [2.75, 3.05) is 5.32 Å². The minimum Gasteiger partial charge on any atom is -0.445 e. The van der Waals surface area contributed by atoms with Crippen LogP contribution in [0, 0.1) is 10.5 Å². The van der Waals surface area contributed by atoms with Gasteiger partial charge in [-0.2, -0.15) is 0 Å². The topological polar surface area (TPSA) is 62.4 Å². The highest BCUT2D eigenvalue weighted by Crippen LogP contribution is 2.29. The van der Waals surface area contributed by atoms with E-state index < -0.39 is 16.1 Å². The van der Waals surface area contributed by atoms with Crippen molar-refractivity contribution in [3.8, 4) is 0 Å². The summed E-state index contributed by atoms with van der Waals surface area (Å²) >= 11 is 25.4. The van der Waals surface area contributed by atoms with Crippen LogP contribution in [-0.4, -0.2) is 21.2 Å². The van der Waals surface area contributed by atoms with Crippen molar-refractivity contribution in [2.24, 2.45) is 0 Å². The Hall–Kier alpha value is -1.000. The van der Waals surface area contributed by atoms with Gasteiger partial charge in [-0.05, 0) is 71.1 Å². The van der Waals surface area contributed by atoms with E-state index in [0.29, 0.717) is 0 Å². The van der Waals surface area contributed by atoms with Gasteiger partial charge >= 0.3 is 6.09 Å². The first-order chi connectivity index (χ1) is 13.1. The maximum absolute atomic E-state index is 12.1. The normalized spacial score (nSPS) is 12.0. The number of amides is 1. The Morgan fingerprint density at radius 1 is 1.18 bits per heavy atom. The molecule has 0 aliphatic carbocycles. The van der Waals surface area contributed by atoms with Gasteiger partial charge in [0.2, 0.25) is 3.79 Å². The summed E-state index contributed by atoms with van der Waals surface area (Å²) in [6.07, 6.45) is -1.86. The quantitative estimate of drug-likeness (QED) is 0.191. The van der Waals surface area contributed by atoms with Gasteiger partial charge in [0.1, 0.15) is 6.61 Å². The zero-order chi connectivity index (χ0) is 20.7. The van der Waals surface area contributed by atoms with Crippen LogP contribution in [0.3, 0.4) is 0 Å². The second kappa shape index (κ2) is 10.7. The molecule has 0 aromatic heterocycles. The molecule has 1 amide bonds. The van der Waals surface area contributed by atoms with Crippen LogP contribution in [0.5, 0.6) is 0 Å². The molecule has 0 radical (unpaired) electrons. The molecule has 0 fully saturated rings. The van der Waals surface area contributed by atoms with Crippen molar-refractivity contribution in [1.82, 2.24) is 10.6 Å². The Labute approximate surface area is 197 Å². The molecule has 0 heterocycles. The molecule has 0 saturated heterocycles. The van der Waals surface area contributed by atoms with E-state index >= 15 is 0 Å². The molecule has 3 N–H and O–H groups in total. The van der Waals surface area contributed by atoms with E-state index in [1.165, 1.54) is 0 Å². The van der Waals surface area contributed by atoms with Crippen molar-refractivity contribution >= 4 is 86.5 Å². The first-order valence-electron chi connectivity index (χ1n) is 8.03. The first kappa shape index (κ1) is 23.3. The van der Waals surface area contributed by atoms with Crippen LogP contribution >= 0.6 is 69.6 Å². The minimum atomic E-state index is -1.86. The predicted molar refractivity (Wildman–Crippen MR) is 127 cm³/mol. The number of alkyl carbamates (subject to hydrolysis) is 1. The number of halogens is 4. The number of anilines is 1. The summed E-state index contributed by atoms with van der Waals surface area (Å²) in [5.74, 6) is 0. The molecule has 28 heavy (non-hydrogen) atoms. The summed E-state index contributed by atoms with van der Waals surface area (Å²) in [7, 11) is 0. The summed E-state index contributed by atoms with van der Waals surface area (Å²) in [6.45, 7) is 2.03. The van der Waals surface area contributed by atoms with Crippen LogP contribution in [0.2, 0.25) is 0 Å². The standard InChI is InChI=1S/C18H17Cl3IN3O2S/c1-11-9-13(22)7-8-14(11)23-16(28)24-15(18(19,20)21)25-17(26)27-10-12-5-3-2-4-6-12/h2-9,15H,10H2,1H3,(H,25,26)(H2,23,24,28). The Kier molecular flexibility index (Phi) is 8.88. The Morgan fingerprint density at radius 2 is 1.86 bits per heavy atom. The van der Waals surface area contributed by atoms with Gasteiger partial charge in [0, 0.05) is 9.26 Å². The molecule has 5 nitrogen and oxygen atoms in total. The lowest BCUT2D eigenvalue weighted by Crippen LogP contribution is -2.56. The lowest BCUT2D eigenvalue weighted by molar-refractivity contribution is 0.135. The number of carbonyl (C=O) groups excluding carboxylic acids is 1. The zero-order valence-electron chi connectivity index (χ0n) is 14.6. The smallest absolute Gasteiger partial charge is 0.409 e. The number of ether oxygens (including phenoxy) is 1. The Balaban J connectivity index is 1.95. The summed E-state index contributed by atoms with van der Waals surface area (Å²) in [6, 6.07) is 15.0. The first-order valence-corrected chi connectivity index (χ1v) is 10.6. The molecule has 1 atom stereocenters. The fourth-order valence-electron chi connectivity index (χ4n) is 2.14. The summed E-state index contributed by atoms with van der Waals surface area (Å²) < 4.78 is 4.39. The second-order valence-electron chi connectivity index (χ2n) is 5.74. The van der Waals surface area contributed by atoms with E-state index in [2.05, 4.69) is 38.5 Å². The highest BCUT2D eigenvalue weighted by atomic mass is 127. The van der Waals surface area contributed by atoms with Gasteiger partial charge in [-0.25, -0.2) is 4.79 Å². The van der Waals surface area contributed by atoms with Crippen molar-refractivity contribution in [3.63, 3.8) is 0 Å². The van der Waals surface area contributed by atoms with Gasteiger partial charge in [0.05, 0.1) is 0 Å². The lowest BCUT2D eigenvalue weighted by Gasteiger charge is -2.27. The molecule has 2 aromatic carbocycles. The monoisotopic (exact) mass is 571 g/mol. The van der Waals surface area contributed by atoms with Gasteiger partial charge in [-0.1, -0.05) is 65.1 Å². The molecule has 0 spiro atoms. The van der Waals surface area contributed by atoms with Crippen molar-refractivity contribution in [1.29, 1.82) is 0 Å². The van der Waals surface area contributed by atoms with Gasteiger partial charge < -0.3 is 15.4 Å². The Morgan fingerprint density at radius 3 is 2.46 bits per heavy atom. The van der Waals surface area contributed by atoms with Crippen molar-refractivity contribution < 1.29 is 9.53 Å². The van der Waals surface area contributed by atoms with Gasteiger partial charge in [0.15, 0.2) is 11.3 Å². The van der Waals surface area contributed by atoms with Gasteiger partial charge in [0.25, 0.3) is 0 Å². The molecule has 0 bridgehead atoms. The predicted octanol–water partition coefficient (Wildman–Crippen LogP) is 5.51. The molecule has 0 saturated carbocycles. The van der Waals surface area contributed by atoms with E-state index in [4.69, 9.17) is 51.8 Å². The van der Waals surface area contributed by atoms with E-state index in [1.54, 1.807) is 0 Å². The summed E-state index contributed by atoms with van der Waals surface area (Å²) in [4.78, 5) is 12.1. The number of thiocarbonyl (C=S) groups is 1. The minimum absolute atomic E-state index is 0.0871. The van der Waals surface area contributed by atoms with Crippen LogP contribution in [0.15, 0.2) is 48.5 Å². The third-order valence-corrected chi connectivity index (χ3v) is 5.06. The molecule has 0 aliphatic heterocycles. The van der Waals surface area contributed by atoms with Crippen molar-refractivity contribution in [3.05, 3.63) is 63.2 Å². The zero-order valence-corrected chi connectivity index (χ0v) is 19.9. The molecule has 10 heteroatoms. The number of aryl methyl sites for hydroxylation is 1. The fraction of sp³-hybridized carbons (Fsp3) is 0.222. The third kappa shape index (κ3) is 7.79. The molecular formula is C18H17Cl3IN3O2S. The summed E-state index contributed by atoms with van der Waals surface area (Å²) in [5.41, 5.74) is 2.63. The Bertz CT molecular complexity index is 835. The molecule has 0 aliphatic rings. The average Bonchev–Trinajstić information content (AvgIpc) is 2.62. The van der Waals surface area contributed by atoms with Crippen LogP contribution in [0.25, 0.3) is 0 Å². The number of nitrogens with one attached hydrogen (secondary N) is 3. The van der Waals surface area contributed by atoms with E-state index in [9.17, 15) is 4.79 Å². The molecule has 2 rings (SSSR count). The number of alkyl halides is 3. The molecular weight excluding hydrogens is 556 g/mol. The van der Waals surface area contributed by atoms with Gasteiger partial charge in [-0.3, -0.25) is 5.32 Å². The van der Waals surface area contributed by atoms with E-state index in [1.807, 2.05) is 55.5 Å². The number of hydrogen-bond acceptors (Lipinski definition) is 3. The van der Waals surface area contributed by atoms with Crippen LogP contribution in [0.4, 0.5) is 10.5 Å². The SMILES string of the molecule is Cc1cc(I)ccc1NC(=S)NC(NC(=O)OCc1ccccc1)C(Cl)(Cl)Cl. The lowest BCUT2D eigenvalue weighted by atomic mass is 10.2. The number of rotatable bonds is 5. The average molecular weight is 573 g/mol. The number of benzene rings is 2.